The van der Waals surface area contributed by atoms with Crippen LogP contribution in [0.25, 0.3) is 0 Å². The zero-order valence-corrected chi connectivity index (χ0v) is 20.7. The molecule has 8 heteroatoms. The molecule has 0 saturated carbocycles. The molecular weight excluding hydrogens is 481 g/mol. The molecule has 0 aliphatic carbocycles. The van der Waals surface area contributed by atoms with Crippen LogP contribution in [0.1, 0.15) is 69.5 Å². The summed E-state index contributed by atoms with van der Waals surface area (Å²) in [6.45, 7) is 3.85. The van der Waals surface area contributed by atoms with E-state index in [1.807, 2.05) is 18.2 Å². The van der Waals surface area contributed by atoms with Crippen LogP contribution in [-0.2, 0) is 20.8 Å². The lowest BCUT2D eigenvalue weighted by molar-refractivity contribution is -0.0466. The van der Waals surface area contributed by atoms with Gasteiger partial charge in [-0.3, -0.25) is 10.6 Å². The van der Waals surface area contributed by atoms with Crippen LogP contribution in [0.5, 0.6) is 0 Å². The van der Waals surface area contributed by atoms with Crippen molar-refractivity contribution in [1.29, 1.82) is 0 Å². The molecule has 0 bridgehead atoms. The second-order valence-electron chi connectivity index (χ2n) is 9.74. The summed E-state index contributed by atoms with van der Waals surface area (Å²) in [5.74, 6) is -0.250. The van der Waals surface area contributed by atoms with E-state index in [1.54, 1.807) is 12.1 Å². The molecule has 0 aromatic heterocycles. The summed E-state index contributed by atoms with van der Waals surface area (Å²) < 4.78 is 32.3. The summed E-state index contributed by atoms with van der Waals surface area (Å²) in [5, 5.41) is 7.84. The van der Waals surface area contributed by atoms with Crippen LogP contribution in [0.2, 0.25) is 5.02 Å². The fourth-order valence-electron chi connectivity index (χ4n) is 5.42. The van der Waals surface area contributed by atoms with Gasteiger partial charge in [-0.15, -0.1) is 0 Å². The van der Waals surface area contributed by atoms with Gasteiger partial charge in [0.2, 0.25) is 0 Å². The van der Waals surface area contributed by atoms with Crippen molar-refractivity contribution < 1.29 is 18.6 Å². The van der Waals surface area contributed by atoms with E-state index in [0.717, 1.165) is 38.9 Å². The van der Waals surface area contributed by atoms with Crippen molar-refractivity contribution in [3.05, 3.63) is 104 Å². The topological polar surface area (TPSA) is 77.8 Å². The monoisotopic (exact) mass is 509 g/mol. The Bertz CT molecular complexity index is 1290. The summed E-state index contributed by atoms with van der Waals surface area (Å²) in [4.78, 5) is 0. The van der Waals surface area contributed by atoms with Gasteiger partial charge in [-0.1, -0.05) is 47.5 Å². The number of ether oxygens (including phenoxy) is 3. The molecule has 0 fully saturated rings. The van der Waals surface area contributed by atoms with E-state index < -0.39 is 0 Å². The van der Waals surface area contributed by atoms with Crippen molar-refractivity contribution in [2.24, 2.45) is 5.73 Å². The minimum Gasteiger partial charge on any atom is -0.375 e. The van der Waals surface area contributed by atoms with Crippen molar-refractivity contribution in [3.8, 4) is 0 Å². The highest BCUT2D eigenvalue weighted by molar-refractivity contribution is 6.30. The van der Waals surface area contributed by atoms with E-state index in [4.69, 9.17) is 31.5 Å². The Hall–Kier alpha value is -2.36. The number of halogens is 2. The zero-order valence-electron chi connectivity index (χ0n) is 20.0. The first-order chi connectivity index (χ1) is 17.5. The van der Waals surface area contributed by atoms with E-state index in [2.05, 4.69) is 35.8 Å². The Balaban J connectivity index is 1.27. The number of fused-ring (bicyclic) bond motifs is 3. The maximum atomic E-state index is 14.0. The smallest absolute Gasteiger partial charge is 0.135 e. The number of nitrogens with two attached hydrogens (primary N) is 1. The predicted octanol–water partition coefficient (Wildman–Crippen LogP) is 5.04. The lowest BCUT2D eigenvalue weighted by Crippen LogP contribution is -2.42. The van der Waals surface area contributed by atoms with Crippen LogP contribution in [0, 0.1) is 12.7 Å². The maximum Gasteiger partial charge on any atom is 0.135 e. The van der Waals surface area contributed by atoms with Crippen molar-refractivity contribution >= 4 is 11.6 Å². The van der Waals surface area contributed by atoms with Crippen LogP contribution in [0.15, 0.2) is 54.6 Å². The molecule has 6 rings (SSSR count). The summed E-state index contributed by atoms with van der Waals surface area (Å²) in [6.07, 6.45) is -0.712. The van der Waals surface area contributed by atoms with Gasteiger partial charge in [0, 0.05) is 16.1 Å². The van der Waals surface area contributed by atoms with E-state index >= 15 is 0 Å². The number of nitrogens with one attached hydrogen (secondary N) is 2. The van der Waals surface area contributed by atoms with E-state index in [1.165, 1.54) is 6.07 Å². The second kappa shape index (κ2) is 9.84. The van der Waals surface area contributed by atoms with Crippen LogP contribution in [-0.4, -0.2) is 19.8 Å². The van der Waals surface area contributed by atoms with Crippen LogP contribution < -0.4 is 16.4 Å². The standard InChI is InChI=1S/C28H29ClFN3O3/c1-15-2-6-20-22(8-15)27(32-25-13-34-11-16-3-5-18(30)10-21(16)25)36-14-26(20)33-28-23-9-17(29)4-7-19(23)24(31)12-35-28/h2-10,24-28,32-33H,11-14,31H2,1H3. The van der Waals surface area contributed by atoms with Crippen LogP contribution in [0.4, 0.5) is 4.39 Å². The molecule has 188 valence electrons. The molecule has 4 N–H and O–H groups in total. The highest BCUT2D eigenvalue weighted by Crippen LogP contribution is 2.38. The molecule has 36 heavy (non-hydrogen) atoms. The fourth-order valence-corrected chi connectivity index (χ4v) is 5.60. The third-order valence-corrected chi connectivity index (χ3v) is 7.47. The quantitative estimate of drug-likeness (QED) is 0.457. The lowest BCUT2D eigenvalue weighted by Gasteiger charge is -2.39. The largest absolute Gasteiger partial charge is 0.375 e. The van der Waals surface area contributed by atoms with Gasteiger partial charge >= 0.3 is 0 Å². The van der Waals surface area contributed by atoms with Crippen molar-refractivity contribution in [1.82, 2.24) is 10.6 Å². The minimum atomic E-state index is -0.358. The SMILES string of the molecule is Cc1ccc2c(c1)C(NC1COCc3ccc(F)cc31)OCC2NC1OCC(N)c2ccc(Cl)cc21. The maximum absolute atomic E-state index is 14.0. The minimum absolute atomic E-state index is 0.0999. The molecule has 0 spiro atoms. The molecule has 6 nitrogen and oxygen atoms in total. The molecule has 3 aromatic carbocycles. The van der Waals surface area contributed by atoms with Gasteiger partial charge in [0.25, 0.3) is 0 Å². The number of hydrogen-bond donors (Lipinski definition) is 3. The summed E-state index contributed by atoms with van der Waals surface area (Å²) >= 11 is 6.30. The number of hydrogen-bond acceptors (Lipinski definition) is 6. The lowest BCUT2D eigenvalue weighted by atomic mass is 9.92. The molecule has 3 aromatic rings. The highest BCUT2D eigenvalue weighted by atomic mass is 35.5. The van der Waals surface area contributed by atoms with Gasteiger partial charge in [-0.25, -0.2) is 4.39 Å². The van der Waals surface area contributed by atoms with Crippen LogP contribution in [0.3, 0.4) is 0 Å². The van der Waals surface area contributed by atoms with Gasteiger partial charge in [0.1, 0.15) is 18.3 Å². The summed E-state index contributed by atoms with van der Waals surface area (Å²) in [6, 6.07) is 16.5. The molecular formula is C28H29ClFN3O3. The van der Waals surface area contributed by atoms with Crippen molar-refractivity contribution in [3.63, 3.8) is 0 Å². The number of benzene rings is 3. The van der Waals surface area contributed by atoms with E-state index in [0.29, 0.717) is 31.5 Å². The van der Waals surface area contributed by atoms with Gasteiger partial charge < -0.3 is 19.9 Å². The second-order valence-corrected chi connectivity index (χ2v) is 10.2. The molecule has 0 saturated heterocycles. The fraction of sp³-hybridized carbons (Fsp3) is 0.357. The Labute approximate surface area is 214 Å². The Morgan fingerprint density at radius 3 is 2.36 bits per heavy atom. The van der Waals surface area contributed by atoms with E-state index in [9.17, 15) is 4.39 Å². The van der Waals surface area contributed by atoms with Crippen molar-refractivity contribution in [2.45, 2.75) is 44.1 Å². The van der Waals surface area contributed by atoms with Gasteiger partial charge in [0.05, 0.1) is 44.6 Å². The molecule has 3 aliphatic heterocycles. The summed E-state index contributed by atoms with van der Waals surface area (Å²) in [5.41, 5.74) is 13.5. The normalized spacial score (nSPS) is 27.2. The third kappa shape index (κ3) is 4.57. The first kappa shape index (κ1) is 24.0. The first-order valence-electron chi connectivity index (χ1n) is 12.2. The third-order valence-electron chi connectivity index (χ3n) is 7.23. The van der Waals surface area contributed by atoms with Crippen molar-refractivity contribution in [2.75, 3.05) is 19.8 Å². The first-order valence-corrected chi connectivity index (χ1v) is 12.6. The molecule has 5 atom stereocenters. The Morgan fingerprint density at radius 1 is 0.806 bits per heavy atom. The highest BCUT2D eigenvalue weighted by Gasteiger charge is 2.34. The van der Waals surface area contributed by atoms with Gasteiger partial charge in [0.15, 0.2) is 0 Å². The average Bonchev–Trinajstić information content (AvgIpc) is 2.87. The molecule has 0 radical (unpaired) electrons. The molecule has 3 heterocycles. The number of aryl methyl sites for hydroxylation is 1. The molecule has 3 aliphatic rings. The predicted molar refractivity (Wildman–Crippen MR) is 135 cm³/mol. The molecule has 0 amide bonds. The summed E-state index contributed by atoms with van der Waals surface area (Å²) in [7, 11) is 0. The van der Waals surface area contributed by atoms with Crippen LogP contribution >= 0.6 is 11.6 Å². The average molecular weight is 510 g/mol. The molecule has 5 unspecified atom stereocenters. The van der Waals surface area contributed by atoms with E-state index in [-0.39, 0.29) is 36.4 Å². The zero-order chi connectivity index (χ0) is 24.8. The Morgan fingerprint density at radius 2 is 1.53 bits per heavy atom. The number of rotatable bonds is 4. The van der Waals surface area contributed by atoms with Gasteiger partial charge in [-0.2, -0.15) is 0 Å². The Kier molecular flexibility index (Phi) is 6.56. The van der Waals surface area contributed by atoms with Gasteiger partial charge in [-0.05, 0) is 53.4 Å².